The molecule has 0 aromatic heterocycles. The molecule has 0 saturated carbocycles. The standard InChI is InChI=1S/C14H16O/c1-3-13(12-15-4-2)10-11-14-8-6-5-7-9-14/h5-9,12H,3-4H2,1-2H3/b13-12+. The molecular weight excluding hydrogens is 184 g/mol. The van der Waals surface area contributed by atoms with Gasteiger partial charge in [-0.2, -0.15) is 0 Å². The lowest BCUT2D eigenvalue weighted by atomic mass is 10.2. The predicted octanol–water partition coefficient (Wildman–Crippen LogP) is 3.37. The van der Waals surface area contributed by atoms with Gasteiger partial charge >= 0.3 is 0 Å². The predicted molar refractivity (Wildman–Crippen MR) is 63.3 cm³/mol. The first-order valence-corrected chi connectivity index (χ1v) is 5.24. The van der Waals surface area contributed by atoms with E-state index in [0.717, 1.165) is 17.6 Å². The van der Waals surface area contributed by atoms with Gasteiger partial charge in [0.15, 0.2) is 0 Å². The van der Waals surface area contributed by atoms with E-state index in [-0.39, 0.29) is 0 Å². The summed E-state index contributed by atoms with van der Waals surface area (Å²) >= 11 is 0. The van der Waals surface area contributed by atoms with Crippen molar-refractivity contribution in [2.24, 2.45) is 0 Å². The molecular formula is C14H16O. The first-order valence-electron chi connectivity index (χ1n) is 5.24. The van der Waals surface area contributed by atoms with Crippen LogP contribution in [-0.2, 0) is 4.74 Å². The van der Waals surface area contributed by atoms with Gasteiger partial charge < -0.3 is 4.74 Å². The zero-order valence-electron chi connectivity index (χ0n) is 9.29. The highest BCUT2D eigenvalue weighted by Gasteiger charge is 1.88. The second-order valence-electron chi connectivity index (χ2n) is 3.07. The van der Waals surface area contributed by atoms with Crippen LogP contribution >= 0.6 is 0 Å². The largest absolute Gasteiger partial charge is 0.501 e. The highest BCUT2D eigenvalue weighted by atomic mass is 16.5. The van der Waals surface area contributed by atoms with E-state index in [1.54, 1.807) is 6.26 Å². The molecule has 1 heteroatoms. The quantitative estimate of drug-likeness (QED) is 0.537. The first kappa shape index (κ1) is 11.4. The topological polar surface area (TPSA) is 9.23 Å². The van der Waals surface area contributed by atoms with E-state index in [0.29, 0.717) is 6.61 Å². The molecule has 0 aliphatic carbocycles. The van der Waals surface area contributed by atoms with Crippen molar-refractivity contribution in [2.45, 2.75) is 20.3 Å². The summed E-state index contributed by atoms with van der Waals surface area (Å²) in [5.41, 5.74) is 2.06. The van der Waals surface area contributed by atoms with Gasteiger partial charge in [-0.05, 0) is 25.5 Å². The number of benzene rings is 1. The van der Waals surface area contributed by atoms with Crippen LogP contribution in [0.2, 0.25) is 0 Å². The Morgan fingerprint density at radius 1 is 1.27 bits per heavy atom. The van der Waals surface area contributed by atoms with Crippen LogP contribution in [-0.4, -0.2) is 6.61 Å². The summed E-state index contributed by atoms with van der Waals surface area (Å²) in [6, 6.07) is 9.97. The van der Waals surface area contributed by atoms with Gasteiger partial charge in [0.2, 0.25) is 0 Å². The van der Waals surface area contributed by atoms with Crippen LogP contribution in [0.1, 0.15) is 25.8 Å². The van der Waals surface area contributed by atoms with Gasteiger partial charge in [0, 0.05) is 11.1 Å². The van der Waals surface area contributed by atoms with Crippen molar-refractivity contribution >= 4 is 0 Å². The van der Waals surface area contributed by atoms with Crippen molar-refractivity contribution in [1.82, 2.24) is 0 Å². The van der Waals surface area contributed by atoms with E-state index < -0.39 is 0 Å². The summed E-state index contributed by atoms with van der Waals surface area (Å²) < 4.78 is 5.21. The highest BCUT2D eigenvalue weighted by molar-refractivity contribution is 5.39. The Morgan fingerprint density at radius 2 is 2.00 bits per heavy atom. The summed E-state index contributed by atoms with van der Waals surface area (Å²) in [6.07, 6.45) is 2.65. The number of rotatable bonds is 3. The summed E-state index contributed by atoms with van der Waals surface area (Å²) in [7, 11) is 0. The third-order valence-electron chi connectivity index (χ3n) is 1.91. The van der Waals surface area contributed by atoms with E-state index >= 15 is 0 Å². The van der Waals surface area contributed by atoms with Crippen molar-refractivity contribution in [3.05, 3.63) is 47.7 Å². The molecule has 0 atom stereocenters. The lowest BCUT2D eigenvalue weighted by molar-refractivity contribution is 0.266. The lowest BCUT2D eigenvalue weighted by Gasteiger charge is -1.96. The smallest absolute Gasteiger partial charge is 0.0944 e. The van der Waals surface area contributed by atoms with Gasteiger partial charge in [-0.15, -0.1) is 0 Å². The minimum absolute atomic E-state index is 0.691. The van der Waals surface area contributed by atoms with Gasteiger partial charge in [-0.1, -0.05) is 37.0 Å². The van der Waals surface area contributed by atoms with Gasteiger partial charge in [-0.25, -0.2) is 0 Å². The molecule has 0 spiro atoms. The molecule has 0 radical (unpaired) electrons. The van der Waals surface area contributed by atoms with Crippen molar-refractivity contribution in [1.29, 1.82) is 0 Å². The summed E-state index contributed by atoms with van der Waals surface area (Å²) in [4.78, 5) is 0. The fourth-order valence-electron chi connectivity index (χ4n) is 1.06. The maximum Gasteiger partial charge on any atom is 0.0944 e. The Balaban J connectivity index is 2.71. The van der Waals surface area contributed by atoms with Gasteiger partial charge in [-0.3, -0.25) is 0 Å². The Kier molecular flexibility index (Phi) is 5.11. The molecule has 0 fully saturated rings. The third-order valence-corrected chi connectivity index (χ3v) is 1.91. The minimum Gasteiger partial charge on any atom is -0.501 e. The van der Waals surface area contributed by atoms with Crippen LogP contribution in [0.3, 0.4) is 0 Å². The Bertz CT molecular complexity index is 365. The minimum atomic E-state index is 0.691. The molecule has 0 bridgehead atoms. The Hall–Kier alpha value is -1.68. The normalized spacial score (nSPS) is 10.4. The molecule has 1 rings (SSSR count). The zero-order valence-corrected chi connectivity index (χ0v) is 9.29. The second-order valence-corrected chi connectivity index (χ2v) is 3.07. The molecule has 0 saturated heterocycles. The van der Waals surface area contributed by atoms with Crippen LogP contribution in [0.25, 0.3) is 0 Å². The molecule has 0 unspecified atom stereocenters. The number of hydrogen-bond donors (Lipinski definition) is 0. The molecule has 78 valence electrons. The van der Waals surface area contributed by atoms with Crippen LogP contribution < -0.4 is 0 Å². The highest BCUT2D eigenvalue weighted by Crippen LogP contribution is 2.01. The van der Waals surface area contributed by atoms with E-state index in [9.17, 15) is 0 Å². The van der Waals surface area contributed by atoms with Crippen molar-refractivity contribution in [3.63, 3.8) is 0 Å². The maximum atomic E-state index is 5.21. The lowest BCUT2D eigenvalue weighted by Crippen LogP contribution is -1.83. The monoisotopic (exact) mass is 200 g/mol. The molecule has 1 nitrogen and oxygen atoms in total. The molecule has 15 heavy (non-hydrogen) atoms. The average Bonchev–Trinajstić information content (AvgIpc) is 2.31. The van der Waals surface area contributed by atoms with Crippen molar-refractivity contribution in [2.75, 3.05) is 6.61 Å². The SMILES string of the molecule is CCO/C=C(/C#Cc1ccccc1)CC. The average molecular weight is 200 g/mol. The van der Waals surface area contributed by atoms with Crippen molar-refractivity contribution < 1.29 is 4.74 Å². The molecule has 1 aromatic carbocycles. The first-order chi connectivity index (χ1) is 7.36. The summed E-state index contributed by atoms with van der Waals surface area (Å²) in [5, 5.41) is 0. The molecule has 1 aromatic rings. The second kappa shape index (κ2) is 6.73. The maximum absolute atomic E-state index is 5.21. The van der Waals surface area contributed by atoms with E-state index in [1.807, 2.05) is 37.3 Å². The van der Waals surface area contributed by atoms with E-state index in [2.05, 4.69) is 18.8 Å². The Labute approximate surface area is 91.8 Å². The molecule has 0 aliphatic heterocycles. The fourth-order valence-corrected chi connectivity index (χ4v) is 1.06. The zero-order chi connectivity index (χ0) is 10.9. The van der Waals surface area contributed by atoms with Gasteiger partial charge in [0.1, 0.15) is 0 Å². The van der Waals surface area contributed by atoms with Crippen LogP contribution in [0.4, 0.5) is 0 Å². The van der Waals surface area contributed by atoms with Crippen LogP contribution in [0.5, 0.6) is 0 Å². The number of allylic oxidation sites excluding steroid dienone is 1. The molecule has 0 heterocycles. The van der Waals surface area contributed by atoms with Crippen molar-refractivity contribution in [3.8, 4) is 11.8 Å². The molecule has 0 N–H and O–H groups in total. The van der Waals surface area contributed by atoms with Crippen LogP contribution in [0.15, 0.2) is 42.2 Å². The fraction of sp³-hybridized carbons (Fsp3) is 0.286. The van der Waals surface area contributed by atoms with E-state index in [1.165, 1.54) is 0 Å². The molecule has 0 aliphatic rings. The Morgan fingerprint density at radius 3 is 2.60 bits per heavy atom. The van der Waals surface area contributed by atoms with E-state index in [4.69, 9.17) is 4.74 Å². The molecule has 0 amide bonds. The summed E-state index contributed by atoms with van der Waals surface area (Å²) in [5.74, 6) is 6.21. The summed E-state index contributed by atoms with van der Waals surface area (Å²) in [6.45, 7) is 4.73. The van der Waals surface area contributed by atoms with Gasteiger partial charge in [0.05, 0.1) is 12.9 Å². The van der Waals surface area contributed by atoms with Crippen LogP contribution in [0, 0.1) is 11.8 Å². The number of hydrogen-bond acceptors (Lipinski definition) is 1. The third kappa shape index (κ3) is 4.37. The van der Waals surface area contributed by atoms with Gasteiger partial charge in [0.25, 0.3) is 0 Å². The number of ether oxygens (including phenoxy) is 1.